The summed E-state index contributed by atoms with van der Waals surface area (Å²) in [6, 6.07) is 4.81. The van der Waals surface area contributed by atoms with E-state index in [1.807, 2.05) is 0 Å². The zero-order valence-corrected chi connectivity index (χ0v) is 13.6. The summed E-state index contributed by atoms with van der Waals surface area (Å²) in [6.07, 6.45) is -0.772. The van der Waals surface area contributed by atoms with Crippen LogP contribution in [0.1, 0.15) is 16.7 Å². The van der Waals surface area contributed by atoms with Gasteiger partial charge in [-0.1, -0.05) is 6.07 Å². The third kappa shape index (κ3) is 2.21. The van der Waals surface area contributed by atoms with Crippen molar-refractivity contribution in [1.29, 1.82) is 0 Å². The third-order valence-corrected chi connectivity index (χ3v) is 7.14. The highest BCUT2D eigenvalue weighted by molar-refractivity contribution is 7.93. The smallest absolute Gasteiger partial charge is 0.345 e. The van der Waals surface area contributed by atoms with Gasteiger partial charge in [-0.05, 0) is 42.5 Å². The Morgan fingerprint density at radius 3 is 2.68 bits per heavy atom. The van der Waals surface area contributed by atoms with Crippen LogP contribution < -0.4 is 4.74 Å². The van der Waals surface area contributed by atoms with E-state index in [1.165, 1.54) is 0 Å². The Labute approximate surface area is 132 Å². The van der Waals surface area contributed by atoms with E-state index in [0.717, 1.165) is 11.3 Å². The molecule has 0 amide bonds. The Morgan fingerprint density at radius 1 is 1.36 bits per heavy atom. The summed E-state index contributed by atoms with van der Waals surface area (Å²) in [5.74, 6) is -0.550. The Kier molecular flexibility index (Phi) is 3.49. The number of aliphatic carboxylic acids is 1. The van der Waals surface area contributed by atoms with Crippen LogP contribution in [0.4, 0.5) is 0 Å². The molecular formula is C15H14O5S2. The van der Waals surface area contributed by atoms with Crippen LogP contribution >= 0.6 is 11.3 Å². The van der Waals surface area contributed by atoms with Gasteiger partial charge >= 0.3 is 5.97 Å². The van der Waals surface area contributed by atoms with Crippen molar-refractivity contribution in [3.63, 3.8) is 0 Å². The fraction of sp³-hybridized carbons (Fsp3) is 0.267. The zero-order chi connectivity index (χ0) is 16.1. The van der Waals surface area contributed by atoms with Gasteiger partial charge in [0, 0.05) is 12.0 Å². The number of carbonyl (C=O) groups is 1. The van der Waals surface area contributed by atoms with Gasteiger partial charge in [0.1, 0.15) is 9.96 Å². The van der Waals surface area contributed by atoms with Gasteiger partial charge in [0.25, 0.3) is 0 Å². The van der Waals surface area contributed by atoms with Crippen LogP contribution in [0.5, 0.6) is 5.75 Å². The summed E-state index contributed by atoms with van der Waals surface area (Å²) in [6.45, 7) is 3.47. The predicted molar refractivity (Wildman–Crippen MR) is 81.4 cm³/mol. The van der Waals surface area contributed by atoms with Crippen LogP contribution in [-0.4, -0.2) is 25.6 Å². The van der Waals surface area contributed by atoms with Gasteiger partial charge in [0.2, 0.25) is 9.84 Å². The van der Waals surface area contributed by atoms with Crippen molar-refractivity contribution < 1.29 is 23.1 Å². The molecular weight excluding hydrogens is 324 g/mol. The molecule has 1 N–H and O–H groups in total. The molecule has 1 aromatic heterocycles. The molecule has 0 radical (unpaired) electrons. The molecule has 2 heterocycles. The highest BCUT2D eigenvalue weighted by atomic mass is 32.2. The fourth-order valence-electron chi connectivity index (χ4n) is 2.57. The van der Waals surface area contributed by atoms with Gasteiger partial charge in [-0.3, -0.25) is 0 Å². The average molecular weight is 338 g/mol. The van der Waals surface area contributed by atoms with E-state index in [0.29, 0.717) is 22.4 Å². The van der Waals surface area contributed by atoms with E-state index in [2.05, 4.69) is 0 Å². The molecule has 1 aliphatic rings. The average Bonchev–Trinajstić information content (AvgIpc) is 3.11. The number of benzene rings is 1. The van der Waals surface area contributed by atoms with E-state index in [-0.39, 0.29) is 15.5 Å². The number of fused-ring (bicyclic) bond motifs is 1. The van der Waals surface area contributed by atoms with Crippen LogP contribution in [0.3, 0.4) is 0 Å². The molecule has 2 aromatic rings. The van der Waals surface area contributed by atoms with Gasteiger partial charge in [0.15, 0.2) is 6.10 Å². The van der Waals surface area contributed by atoms with Gasteiger partial charge in [-0.25, -0.2) is 13.2 Å². The van der Waals surface area contributed by atoms with Gasteiger partial charge < -0.3 is 9.84 Å². The highest BCUT2D eigenvalue weighted by Crippen LogP contribution is 2.39. The summed E-state index contributed by atoms with van der Waals surface area (Å²) in [5.41, 5.74) is 1.90. The number of rotatable bonds is 3. The number of carboxylic acid groups (broad SMARTS) is 1. The Morgan fingerprint density at radius 2 is 2.09 bits per heavy atom. The standard InChI is InChI=1S/C15H14O5S2/c1-8-9(2)14-10(6-11(20-14)15(16)17)7-12(8)22(18,19)13-4-3-5-21-13/h3-5,7,11H,6H2,1-2H3,(H,16,17). The fourth-order valence-corrected chi connectivity index (χ4v) is 5.29. The molecule has 1 aliphatic heterocycles. The topological polar surface area (TPSA) is 80.7 Å². The lowest BCUT2D eigenvalue weighted by molar-refractivity contribution is -0.144. The largest absolute Gasteiger partial charge is 0.478 e. The molecule has 0 bridgehead atoms. The number of thiophene rings is 1. The minimum atomic E-state index is -3.59. The summed E-state index contributed by atoms with van der Waals surface area (Å²) in [7, 11) is -3.59. The van der Waals surface area contributed by atoms with Crippen molar-refractivity contribution in [2.75, 3.05) is 0 Å². The summed E-state index contributed by atoms with van der Waals surface area (Å²) < 4.78 is 31.2. The minimum Gasteiger partial charge on any atom is -0.478 e. The molecule has 0 spiro atoms. The first-order valence-electron chi connectivity index (χ1n) is 6.63. The summed E-state index contributed by atoms with van der Waals surface area (Å²) in [5, 5.41) is 10.8. The van der Waals surface area contributed by atoms with Crippen molar-refractivity contribution in [3.8, 4) is 5.75 Å². The lowest BCUT2D eigenvalue weighted by atomic mass is 10.0. The van der Waals surface area contributed by atoms with E-state index >= 15 is 0 Å². The monoisotopic (exact) mass is 338 g/mol. The first kappa shape index (κ1) is 15.1. The van der Waals surface area contributed by atoms with E-state index in [9.17, 15) is 13.2 Å². The normalized spacial score (nSPS) is 17.1. The quantitative estimate of drug-likeness (QED) is 0.930. The summed E-state index contributed by atoms with van der Waals surface area (Å²) >= 11 is 1.16. The van der Waals surface area contributed by atoms with E-state index in [1.54, 1.807) is 37.4 Å². The Hall–Kier alpha value is -1.86. The molecule has 0 saturated carbocycles. The van der Waals surface area contributed by atoms with E-state index < -0.39 is 21.9 Å². The van der Waals surface area contributed by atoms with E-state index in [4.69, 9.17) is 9.84 Å². The molecule has 7 heteroatoms. The number of hydrogen-bond acceptors (Lipinski definition) is 5. The summed E-state index contributed by atoms with van der Waals surface area (Å²) in [4.78, 5) is 11.3. The van der Waals surface area contributed by atoms with Crippen molar-refractivity contribution in [3.05, 3.63) is 40.3 Å². The molecule has 1 aromatic carbocycles. The van der Waals surface area contributed by atoms with Crippen molar-refractivity contribution in [2.45, 2.75) is 35.5 Å². The predicted octanol–water partition coefficient (Wildman–Crippen LogP) is 2.59. The van der Waals surface area contributed by atoms with Crippen molar-refractivity contribution in [1.82, 2.24) is 0 Å². The number of carboxylic acids is 1. The van der Waals surface area contributed by atoms with Crippen LogP contribution in [-0.2, 0) is 21.1 Å². The molecule has 1 atom stereocenters. The molecule has 0 aliphatic carbocycles. The first-order valence-corrected chi connectivity index (χ1v) is 8.99. The Balaban J connectivity index is 2.16. The zero-order valence-electron chi connectivity index (χ0n) is 12.0. The second-order valence-corrected chi connectivity index (χ2v) is 8.29. The van der Waals surface area contributed by atoms with Crippen LogP contribution in [0.2, 0.25) is 0 Å². The molecule has 3 rings (SSSR count). The van der Waals surface area contributed by atoms with Crippen molar-refractivity contribution >= 4 is 27.1 Å². The molecule has 1 unspecified atom stereocenters. The second-order valence-electron chi connectivity index (χ2n) is 5.20. The minimum absolute atomic E-state index is 0.179. The SMILES string of the molecule is Cc1c(S(=O)(=O)c2cccs2)cc2c(c1C)OC(C(=O)O)C2. The lowest BCUT2D eigenvalue weighted by Crippen LogP contribution is -2.24. The van der Waals surface area contributed by atoms with Gasteiger partial charge in [-0.15, -0.1) is 11.3 Å². The lowest BCUT2D eigenvalue weighted by Gasteiger charge is -2.13. The van der Waals surface area contributed by atoms with Gasteiger partial charge in [0.05, 0.1) is 4.90 Å². The number of sulfone groups is 1. The van der Waals surface area contributed by atoms with Crippen LogP contribution in [0.15, 0.2) is 32.7 Å². The maximum absolute atomic E-state index is 12.7. The molecule has 0 saturated heterocycles. The number of hydrogen-bond donors (Lipinski definition) is 1. The molecule has 116 valence electrons. The van der Waals surface area contributed by atoms with Crippen molar-refractivity contribution in [2.24, 2.45) is 0 Å². The molecule has 5 nitrogen and oxygen atoms in total. The number of ether oxygens (including phenoxy) is 1. The maximum Gasteiger partial charge on any atom is 0.345 e. The van der Waals surface area contributed by atoms with Gasteiger partial charge in [-0.2, -0.15) is 0 Å². The maximum atomic E-state index is 12.7. The Bertz CT molecular complexity index is 851. The van der Waals surface area contributed by atoms with Crippen LogP contribution in [0, 0.1) is 13.8 Å². The molecule has 22 heavy (non-hydrogen) atoms. The third-order valence-electron chi connectivity index (χ3n) is 3.86. The highest BCUT2D eigenvalue weighted by Gasteiger charge is 2.33. The van der Waals surface area contributed by atoms with Crippen LogP contribution in [0.25, 0.3) is 0 Å². The second kappa shape index (κ2) is 5.10. The molecule has 0 fully saturated rings. The first-order chi connectivity index (χ1) is 10.3.